The fourth-order valence-electron chi connectivity index (χ4n) is 3.80. The van der Waals surface area contributed by atoms with Crippen LogP contribution in [0.25, 0.3) is 0 Å². The monoisotopic (exact) mass is 252 g/mol. The smallest absolute Gasteiger partial charge is 0.165 e. The Balaban J connectivity index is 1.97. The zero-order valence-electron chi connectivity index (χ0n) is 10.1. The molecule has 1 aromatic carbocycles. The van der Waals surface area contributed by atoms with E-state index in [4.69, 9.17) is 9.47 Å². The van der Waals surface area contributed by atoms with Gasteiger partial charge in [0, 0.05) is 23.0 Å². The third-order valence-electron chi connectivity index (χ3n) is 5.11. The van der Waals surface area contributed by atoms with Gasteiger partial charge in [0.2, 0.25) is 0 Å². The summed E-state index contributed by atoms with van der Waals surface area (Å²) in [5, 5.41) is 0. The van der Waals surface area contributed by atoms with Gasteiger partial charge in [-0.15, -0.1) is 0 Å². The molecule has 0 radical (unpaired) electrons. The maximum absolute atomic E-state index is 14.2. The van der Waals surface area contributed by atoms with Crippen molar-refractivity contribution in [2.24, 2.45) is 5.41 Å². The first-order chi connectivity index (χ1) is 8.58. The van der Waals surface area contributed by atoms with Crippen molar-refractivity contribution in [2.75, 3.05) is 13.2 Å². The van der Waals surface area contributed by atoms with Gasteiger partial charge < -0.3 is 9.47 Å². The van der Waals surface area contributed by atoms with Crippen molar-refractivity contribution in [1.29, 1.82) is 0 Å². The molecule has 2 heterocycles. The van der Waals surface area contributed by atoms with Crippen LogP contribution in [-0.2, 0) is 10.2 Å². The van der Waals surface area contributed by atoms with Crippen molar-refractivity contribution in [3.63, 3.8) is 0 Å². The van der Waals surface area contributed by atoms with Gasteiger partial charge in [0.15, 0.2) is 11.6 Å². The van der Waals surface area contributed by atoms with Crippen molar-refractivity contribution in [3.05, 3.63) is 29.3 Å². The molecule has 1 aromatic rings. The molecule has 0 amide bonds. The van der Waals surface area contributed by atoms with E-state index >= 15 is 0 Å². The van der Waals surface area contributed by atoms with Crippen LogP contribution in [0.2, 0.25) is 0 Å². The van der Waals surface area contributed by atoms with Crippen LogP contribution in [0.1, 0.15) is 25.3 Å². The molecule has 18 heavy (non-hydrogen) atoms. The zero-order valence-corrected chi connectivity index (χ0v) is 10.1. The van der Waals surface area contributed by atoms with Crippen LogP contribution < -0.4 is 4.74 Å². The molecule has 1 spiro atoms. The molecule has 1 saturated heterocycles. The van der Waals surface area contributed by atoms with E-state index in [0.29, 0.717) is 18.8 Å². The molecule has 0 N–H and O–H groups in total. The van der Waals surface area contributed by atoms with Crippen LogP contribution >= 0.6 is 0 Å². The minimum Gasteiger partial charge on any atom is -0.489 e. The first-order valence-corrected chi connectivity index (χ1v) is 6.31. The summed E-state index contributed by atoms with van der Waals surface area (Å²) >= 11 is 0. The third kappa shape index (κ3) is 1.02. The summed E-state index contributed by atoms with van der Waals surface area (Å²) in [6.07, 6.45) is 1.76. The summed E-state index contributed by atoms with van der Waals surface area (Å²) in [4.78, 5) is 0. The number of halogens is 2. The van der Waals surface area contributed by atoms with Gasteiger partial charge in [-0.05, 0) is 25.0 Å². The van der Waals surface area contributed by atoms with E-state index in [-0.39, 0.29) is 28.5 Å². The highest BCUT2D eigenvalue weighted by Gasteiger charge is 2.71. The molecular formula is C14H14F2O2. The van der Waals surface area contributed by atoms with Gasteiger partial charge in [0.1, 0.15) is 5.82 Å². The number of ether oxygens (including phenoxy) is 2. The van der Waals surface area contributed by atoms with Crippen LogP contribution in [0.3, 0.4) is 0 Å². The Morgan fingerprint density at radius 3 is 2.89 bits per heavy atom. The maximum Gasteiger partial charge on any atom is 0.165 e. The summed E-state index contributed by atoms with van der Waals surface area (Å²) in [7, 11) is 0. The highest BCUT2D eigenvalue weighted by Crippen LogP contribution is 2.68. The van der Waals surface area contributed by atoms with Gasteiger partial charge in [-0.3, -0.25) is 0 Å². The van der Waals surface area contributed by atoms with Gasteiger partial charge in [0.25, 0.3) is 0 Å². The van der Waals surface area contributed by atoms with E-state index in [1.54, 1.807) is 0 Å². The Morgan fingerprint density at radius 2 is 2.06 bits per heavy atom. The third-order valence-corrected chi connectivity index (χ3v) is 5.11. The molecule has 2 fully saturated rings. The summed E-state index contributed by atoms with van der Waals surface area (Å²) in [5.41, 5.74) is -0.0951. The summed E-state index contributed by atoms with van der Waals surface area (Å²) in [6, 6.07) is 2.34. The largest absolute Gasteiger partial charge is 0.489 e. The van der Waals surface area contributed by atoms with E-state index in [9.17, 15) is 8.78 Å². The SMILES string of the molecule is CC12CCOC3CC31COc1c(F)ccc(F)c12. The molecule has 1 aliphatic carbocycles. The lowest BCUT2D eigenvalue weighted by molar-refractivity contribution is -0.0315. The predicted octanol–water partition coefficient (Wildman–Crippen LogP) is 2.79. The Hall–Kier alpha value is -1.16. The first-order valence-electron chi connectivity index (χ1n) is 6.31. The standard InChI is InChI=1S/C14H14F2O2/c1-13-4-5-17-10-6-14(10,13)7-18-12-9(16)3-2-8(15)11(12)13/h2-3,10H,4-7H2,1H3. The second kappa shape index (κ2) is 3.05. The number of benzene rings is 1. The summed E-state index contributed by atoms with van der Waals surface area (Å²) in [6.45, 7) is 3.07. The molecule has 3 aliphatic rings. The Bertz CT molecular complexity index is 545. The lowest BCUT2D eigenvalue weighted by atomic mass is 9.64. The van der Waals surface area contributed by atoms with Crippen molar-refractivity contribution >= 4 is 0 Å². The molecule has 2 aliphatic heterocycles. The second-order valence-electron chi connectivity index (χ2n) is 5.82. The highest BCUT2D eigenvalue weighted by atomic mass is 19.1. The molecule has 2 nitrogen and oxygen atoms in total. The van der Waals surface area contributed by atoms with E-state index in [1.807, 2.05) is 6.92 Å². The molecule has 4 heteroatoms. The number of fused-ring (bicyclic) bond motifs is 2. The van der Waals surface area contributed by atoms with Gasteiger partial charge in [-0.25, -0.2) is 8.78 Å². The number of rotatable bonds is 0. The van der Waals surface area contributed by atoms with Crippen molar-refractivity contribution in [3.8, 4) is 5.75 Å². The predicted molar refractivity (Wildman–Crippen MR) is 60.6 cm³/mol. The zero-order chi connectivity index (χ0) is 12.5. The molecule has 1 saturated carbocycles. The molecule has 0 aromatic heterocycles. The maximum atomic E-state index is 14.2. The van der Waals surface area contributed by atoms with Crippen molar-refractivity contribution < 1.29 is 18.3 Å². The average molecular weight is 252 g/mol. The van der Waals surface area contributed by atoms with Crippen LogP contribution in [0.5, 0.6) is 5.75 Å². The lowest BCUT2D eigenvalue weighted by Gasteiger charge is -2.46. The minimum absolute atomic E-state index is 0.107. The molecule has 96 valence electrons. The van der Waals surface area contributed by atoms with Crippen LogP contribution in [0, 0.1) is 17.0 Å². The first kappa shape index (κ1) is 10.7. The van der Waals surface area contributed by atoms with Gasteiger partial charge in [-0.2, -0.15) is 0 Å². The molecule has 3 atom stereocenters. The summed E-state index contributed by atoms with van der Waals surface area (Å²) < 4.78 is 39.1. The van der Waals surface area contributed by atoms with E-state index in [2.05, 4.69) is 0 Å². The van der Waals surface area contributed by atoms with Gasteiger partial charge in [0.05, 0.1) is 12.7 Å². The topological polar surface area (TPSA) is 18.5 Å². The van der Waals surface area contributed by atoms with E-state index in [0.717, 1.165) is 18.9 Å². The average Bonchev–Trinajstić information content (AvgIpc) is 3.06. The van der Waals surface area contributed by atoms with Crippen molar-refractivity contribution in [2.45, 2.75) is 31.3 Å². The quantitative estimate of drug-likeness (QED) is 0.707. The second-order valence-corrected chi connectivity index (χ2v) is 5.82. The molecule has 4 rings (SSSR count). The fourth-order valence-corrected chi connectivity index (χ4v) is 3.80. The molecule has 0 bridgehead atoms. The van der Waals surface area contributed by atoms with Gasteiger partial charge in [-0.1, -0.05) is 6.92 Å². The molecular weight excluding hydrogens is 238 g/mol. The highest BCUT2D eigenvalue weighted by molar-refractivity contribution is 5.48. The summed E-state index contributed by atoms with van der Waals surface area (Å²) in [5.74, 6) is -0.720. The number of hydrogen-bond acceptors (Lipinski definition) is 2. The fraction of sp³-hybridized carbons (Fsp3) is 0.571. The van der Waals surface area contributed by atoms with E-state index < -0.39 is 5.82 Å². The lowest BCUT2D eigenvalue weighted by Crippen LogP contribution is -2.48. The van der Waals surface area contributed by atoms with Gasteiger partial charge >= 0.3 is 0 Å². The Morgan fingerprint density at radius 1 is 1.28 bits per heavy atom. The van der Waals surface area contributed by atoms with Crippen LogP contribution in [0.4, 0.5) is 8.78 Å². The van der Waals surface area contributed by atoms with Crippen LogP contribution in [0.15, 0.2) is 12.1 Å². The molecule has 3 unspecified atom stereocenters. The minimum atomic E-state index is -0.467. The number of hydrogen-bond donors (Lipinski definition) is 0. The van der Waals surface area contributed by atoms with Crippen molar-refractivity contribution in [1.82, 2.24) is 0 Å². The Kier molecular flexibility index (Phi) is 1.82. The normalized spacial score (nSPS) is 40.3. The van der Waals surface area contributed by atoms with Crippen LogP contribution in [-0.4, -0.2) is 19.3 Å². The van der Waals surface area contributed by atoms with E-state index in [1.165, 1.54) is 6.07 Å². The Labute approximate surface area is 104 Å².